The van der Waals surface area contributed by atoms with Crippen molar-refractivity contribution in [3.8, 4) is 11.5 Å². The Labute approximate surface area is 209 Å². The average Bonchev–Trinajstić information content (AvgIpc) is 3.38. The van der Waals surface area contributed by atoms with Crippen molar-refractivity contribution in [2.24, 2.45) is 0 Å². The molecule has 7 heteroatoms. The van der Waals surface area contributed by atoms with Crippen LogP contribution in [0.3, 0.4) is 0 Å². The molecule has 0 saturated heterocycles. The number of aromatic nitrogens is 1. The fraction of sp³-hybridized carbons (Fsp3) is 0.207. The number of aliphatic carboxylic acids is 1. The van der Waals surface area contributed by atoms with E-state index in [4.69, 9.17) is 9.25 Å². The maximum atomic E-state index is 13.8. The monoisotopic (exact) mass is 483 g/mol. The van der Waals surface area contributed by atoms with E-state index < -0.39 is 18.1 Å². The van der Waals surface area contributed by atoms with Crippen LogP contribution in [-0.4, -0.2) is 46.2 Å². The molecule has 2 heterocycles. The molecular weight excluding hydrogens is 456 g/mol. The van der Waals surface area contributed by atoms with Crippen LogP contribution in [0.15, 0.2) is 95.6 Å². The van der Waals surface area contributed by atoms with Gasteiger partial charge in [0.15, 0.2) is 0 Å². The van der Waals surface area contributed by atoms with Crippen LogP contribution in [0.25, 0.3) is 11.5 Å². The van der Waals surface area contributed by atoms with Crippen LogP contribution in [0.1, 0.15) is 33.2 Å². The van der Waals surface area contributed by atoms with E-state index in [0.29, 0.717) is 23.6 Å². The number of ketones is 1. The number of likely N-dealkylation sites (N-methyl/N-ethyl adjacent to an activating group) is 1. The lowest BCUT2D eigenvalue weighted by molar-refractivity contribution is -1.12. The van der Waals surface area contributed by atoms with Crippen LogP contribution in [0.5, 0.6) is 0 Å². The Kier molecular flexibility index (Phi) is 6.50. The van der Waals surface area contributed by atoms with Gasteiger partial charge in [-0.3, -0.25) is 4.79 Å². The molecule has 0 saturated carbocycles. The van der Waals surface area contributed by atoms with E-state index in [1.54, 1.807) is 37.6 Å². The van der Waals surface area contributed by atoms with Crippen molar-refractivity contribution < 1.29 is 28.6 Å². The summed E-state index contributed by atoms with van der Waals surface area (Å²) in [6.45, 7) is 0.168. The van der Waals surface area contributed by atoms with Crippen molar-refractivity contribution in [2.75, 3.05) is 13.7 Å². The fourth-order valence-corrected chi connectivity index (χ4v) is 4.92. The number of Topliss-reactive ketones (excluding diaryl/α,β-unsaturated/α-hetero) is 1. The maximum absolute atomic E-state index is 13.8. The Balaban J connectivity index is 1.44. The van der Waals surface area contributed by atoms with Crippen LogP contribution in [0.2, 0.25) is 0 Å². The fourth-order valence-electron chi connectivity index (χ4n) is 4.92. The molecule has 7 nitrogen and oxygen atoms in total. The maximum Gasteiger partial charge on any atom is 0.366 e. The quantitative estimate of drug-likeness (QED) is 0.283. The van der Waals surface area contributed by atoms with Gasteiger partial charge in [0.25, 0.3) is 0 Å². The van der Waals surface area contributed by atoms with E-state index >= 15 is 0 Å². The zero-order valence-corrected chi connectivity index (χ0v) is 19.9. The highest BCUT2D eigenvalue weighted by Crippen LogP contribution is 2.41. The summed E-state index contributed by atoms with van der Waals surface area (Å²) in [4.78, 5) is 37.1. The molecule has 0 aliphatic carbocycles. The number of hydrogen-bond acceptors (Lipinski definition) is 5. The lowest BCUT2D eigenvalue weighted by Crippen LogP contribution is -2.62. The van der Waals surface area contributed by atoms with Gasteiger partial charge in [-0.05, 0) is 17.7 Å². The molecule has 36 heavy (non-hydrogen) atoms. The topological polar surface area (TPSA) is 89.6 Å². The summed E-state index contributed by atoms with van der Waals surface area (Å²) >= 11 is 0. The number of fused-ring (bicyclic) bond motifs is 1. The Hall–Kier alpha value is -4.07. The smallest absolute Gasteiger partial charge is 0.366 e. The van der Waals surface area contributed by atoms with E-state index in [0.717, 1.165) is 16.7 Å². The number of benzene rings is 3. The Morgan fingerprint density at radius 1 is 1.00 bits per heavy atom. The van der Waals surface area contributed by atoms with E-state index in [-0.39, 0.29) is 23.5 Å². The summed E-state index contributed by atoms with van der Waals surface area (Å²) in [5.74, 6) is -0.673. The number of carboxylic acids is 1. The zero-order chi connectivity index (χ0) is 25.1. The van der Waals surface area contributed by atoms with Gasteiger partial charge in [-0.1, -0.05) is 72.8 Å². The summed E-state index contributed by atoms with van der Waals surface area (Å²) in [6, 6.07) is 24.3. The van der Waals surface area contributed by atoms with Gasteiger partial charge in [0.1, 0.15) is 19.9 Å². The molecule has 1 aliphatic rings. The summed E-state index contributed by atoms with van der Waals surface area (Å²) in [6.07, 6.45) is 2.26. The molecule has 3 atom stereocenters. The Morgan fingerprint density at radius 3 is 2.39 bits per heavy atom. The number of carbonyl (C=O) groups excluding carboxylic acids is 1. The van der Waals surface area contributed by atoms with Crippen molar-refractivity contribution >= 4 is 11.8 Å². The predicted octanol–water partition coefficient (Wildman–Crippen LogP) is 4.90. The first-order chi connectivity index (χ1) is 17.5. The van der Waals surface area contributed by atoms with Gasteiger partial charge in [-0.15, -0.1) is 0 Å². The van der Waals surface area contributed by atoms with E-state index in [9.17, 15) is 14.7 Å². The highest BCUT2D eigenvalue weighted by atomic mass is 16.7. The molecule has 0 amide bonds. The SMILES string of the molecule is C[N+]1(OCCc2coc(-c3ccccc3)n2)C(C(=O)O)Cc2ccccc2C1C(=O)c1ccccc1. The number of carbonyl (C=O) groups is 2. The standard InChI is InChI=1S/C29H26N2O5/c1-31(36-17-16-23-19-35-28(30-23)21-12-6-3-7-13-21)25(29(33)34)18-22-14-8-9-15-24(22)26(31)27(32)20-10-4-2-5-11-20/h2-15,19,25-26H,16-18H2,1H3/p+1. The summed E-state index contributed by atoms with van der Waals surface area (Å²) in [5, 5.41) is 10.2. The molecule has 3 aromatic carbocycles. The summed E-state index contributed by atoms with van der Waals surface area (Å²) < 4.78 is 5.24. The van der Waals surface area contributed by atoms with Gasteiger partial charge in [-0.2, -0.15) is 4.65 Å². The van der Waals surface area contributed by atoms with Crippen LogP contribution >= 0.6 is 0 Å². The van der Waals surface area contributed by atoms with E-state index in [2.05, 4.69) is 4.98 Å². The lowest BCUT2D eigenvalue weighted by Gasteiger charge is -2.45. The predicted molar refractivity (Wildman–Crippen MR) is 133 cm³/mol. The number of oxazole rings is 1. The lowest BCUT2D eigenvalue weighted by atomic mass is 9.84. The first-order valence-corrected chi connectivity index (χ1v) is 11.9. The van der Waals surface area contributed by atoms with Crippen LogP contribution in [-0.2, 0) is 22.5 Å². The van der Waals surface area contributed by atoms with Gasteiger partial charge in [0.05, 0.1) is 5.69 Å². The molecular formula is C29H27N2O5+. The third kappa shape index (κ3) is 4.46. The van der Waals surface area contributed by atoms with Crippen molar-refractivity contribution in [1.29, 1.82) is 0 Å². The molecule has 1 N–H and O–H groups in total. The van der Waals surface area contributed by atoms with Crippen LogP contribution in [0, 0.1) is 0 Å². The molecule has 0 radical (unpaired) electrons. The molecule has 1 aromatic heterocycles. The number of hydrogen-bond donors (Lipinski definition) is 1. The Morgan fingerprint density at radius 2 is 1.67 bits per heavy atom. The average molecular weight is 484 g/mol. The zero-order valence-electron chi connectivity index (χ0n) is 19.9. The normalized spacial score (nSPS) is 21.0. The molecule has 1 aliphatic heterocycles. The minimum atomic E-state index is -1.01. The second-order valence-corrected chi connectivity index (χ2v) is 9.04. The van der Waals surface area contributed by atoms with E-state index in [1.807, 2.05) is 60.7 Å². The first-order valence-electron chi connectivity index (χ1n) is 11.9. The van der Waals surface area contributed by atoms with Gasteiger partial charge in [0.2, 0.25) is 23.8 Å². The van der Waals surface area contributed by atoms with Crippen molar-refractivity contribution in [2.45, 2.75) is 24.9 Å². The highest BCUT2D eigenvalue weighted by molar-refractivity contribution is 6.00. The van der Waals surface area contributed by atoms with Crippen LogP contribution in [0.4, 0.5) is 0 Å². The molecule has 5 rings (SSSR count). The second-order valence-electron chi connectivity index (χ2n) is 9.04. The van der Waals surface area contributed by atoms with Crippen molar-refractivity contribution in [1.82, 2.24) is 4.98 Å². The minimum Gasteiger partial charge on any atom is -0.477 e. The molecule has 182 valence electrons. The third-order valence-corrected chi connectivity index (χ3v) is 6.79. The Bertz CT molecular complexity index is 1370. The number of hydroxylamine groups is 3. The number of carboxylic acid groups (broad SMARTS) is 1. The van der Waals surface area contributed by atoms with Crippen LogP contribution < -0.4 is 0 Å². The third-order valence-electron chi connectivity index (χ3n) is 6.79. The van der Waals surface area contributed by atoms with Gasteiger partial charge >= 0.3 is 5.97 Å². The second kappa shape index (κ2) is 9.89. The summed E-state index contributed by atoms with van der Waals surface area (Å²) in [7, 11) is 1.69. The minimum absolute atomic E-state index is 0.168. The molecule has 3 unspecified atom stereocenters. The molecule has 0 bridgehead atoms. The largest absolute Gasteiger partial charge is 0.477 e. The highest BCUT2D eigenvalue weighted by Gasteiger charge is 2.55. The number of nitrogens with zero attached hydrogens (tertiary/aromatic N) is 2. The molecule has 0 spiro atoms. The molecule has 4 aromatic rings. The summed E-state index contributed by atoms with van der Waals surface area (Å²) in [5.41, 5.74) is 3.72. The van der Waals surface area contributed by atoms with Crippen molar-refractivity contribution in [3.63, 3.8) is 0 Å². The van der Waals surface area contributed by atoms with Gasteiger partial charge in [-0.25, -0.2) is 14.6 Å². The molecule has 0 fully saturated rings. The first kappa shape index (κ1) is 23.7. The number of rotatable bonds is 8. The van der Waals surface area contributed by atoms with Gasteiger partial charge in [0, 0.05) is 29.5 Å². The van der Waals surface area contributed by atoms with E-state index in [1.165, 1.54) is 0 Å². The van der Waals surface area contributed by atoms with Crippen molar-refractivity contribution in [3.05, 3.63) is 114 Å². The van der Waals surface area contributed by atoms with Gasteiger partial charge < -0.3 is 9.52 Å². The number of quaternary nitrogens is 1.